The van der Waals surface area contributed by atoms with Crippen LogP contribution < -0.4 is 5.32 Å². The van der Waals surface area contributed by atoms with Crippen LogP contribution in [0, 0.1) is 5.92 Å². The summed E-state index contributed by atoms with van der Waals surface area (Å²) in [4.78, 5) is 11.5. The number of esters is 1. The van der Waals surface area contributed by atoms with E-state index in [1.54, 1.807) is 0 Å². The van der Waals surface area contributed by atoms with Gasteiger partial charge in [0.05, 0.1) is 13.7 Å². The van der Waals surface area contributed by atoms with Crippen molar-refractivity contribution in [2.24, 2.45) is 5.92 Å². The van der Waals surface area contributed by atoms with Gasteiger partial charge in [-0.3, -0.25) is 10.1 Å². The molecule has 0 aliphatic rings. The summed E-state index contributed by atoms with van der Waals surface area (Å²) in [6.07, 6.45) is 0.781. The van der Waals surface area contributed by atoms with E-state index in [0.717, 1.165) is 6.42 Å². The predicted molar refractivity (Wildman–Crippen MR) is 64.3 cm³/mol. The van der Waals surface area contributed by atoms with Gasteiger partial charge in [-0.05, 0) is 26.2 Å². The Kier molecular flexibility index (Phi) is 8.21. The lowest BCUT2D eigenvalue weighted by atomic mass is 10.0. The number of nitrogens with one attached hydrogen (secondary N) is 1. The maximum absolute atomic E-state index is 11.5. The molecule has 2 atom stereocenters. The van der Waals surface area contributed by atoms with Crippen LogP contribution in [-0.4, -0.2) is 38.4 Å². The van der Waals surface area contributed by atoms with Gasteiger partial charge in [-0.1, -0.05) is 13.8 Å². The maximum atomic E-state index is 11.5. The molecular weight excluding hydrogens is 206 g/mol. The topological polar surface area (TPSA) is 47.6 Å². The Balaban J connectivity index is 4.14. The largest absolute Gasteiger partial charge is 0.468 e. The first-order chi connectivity index (χ1) is 7.51. The van der Waals surface area contributed by atoms with Gasteiger partial charge in [0, 0.05) is 12.6 Å². The fourth-order valence-corrected chi connectivity index (χ4v) is 1.53. The van der Waals surface area contributed by atoms with Gasteiger partial charge in [0.15, 0.2) is 0 Å². The summed E-state index contributed by atoms with van der Waals surface area (Å²) in [6, 6.07) is -0.0803. The molecule has 0 aliphatic carbocycles. The van der Waals surface area contributed by atoms with Gasteiger partial charge < -0.3 is 9.47 Å². The second-order valence-corrected chi connectivity index (χ2v) is 4.43. The first kappa shape index (κ1) is 15.4. The van der Waals surface area contributed by atoms with Crippen LogP contribution in [0.5, 0.6) is 0 Å². The van der Waals surface area contributed by atoms with E-state index < -0.39 is 0 Å². The van der Waals surface area contributed by atoms with Crippen LogP contribution in [0.1, 0.15) is 34.1 Å². The summed E-state index contributed by atoms with van der Waals surface area (Å²) in [5.41, 5.74) is 0. The van der Waals surface area contributed by atoms with Gasteiger partial charge >= 0.3 is 5.97 Å². The van der Waals surface area contributed by atoms with Crippen molar-refractivity contribution >= 4 is 5.97 Å². The average Bonchev–Trinajstić information content (AvgIpc) is 2.23. The molecule has 16 heavy (non-hydrogen) atoms. The minimum Gasteiger partial charge on any atom is -0.468 e. The van der Waals surface area contributed by atoms with Gasteiger partial charge in [-0.2, -0.15) is 0 Å². The van der Waals surface area contributed by atoms with E-state index in [4.69, 9.17) is 9.47 Å². The zero-order valence-electron chi connectivity index (χ0n) is 11.1. The monoisotopic (exact) mass is 231 g/mol. The number of carbonyl (C=O) groups is 1. The van der Waals surface area contributed by atoms with Gasteiger partial charge in [0.1, 0.15) is 6.04 Å². The van der Waals surface area contributed by atoms with E-state index in [-0.39, 0.29) is 18.1 Å². The molecule has 0 aromatic carbocycles. The van der Waals surface area contributed by atoms with Crippen molar-refractivity contribution in [3.05, 3.63) is 0 Å². The van der Waals surface area contributed by atoms with Crippen molar-refractivity contribution in [1.29, 1.82) is 0 Å². The molecule has 0 saturated heterocycles. The van der Waals surface area contributed by atoms with Crippen molar-refractivity contribution in [3.63, 3.8) is 0 Å². The first-order valence-corrected chi connectivity index (χ1v) is 5.92. The molecule has 0 saturated carbocycles. The molecule has 4 heteroatoms. The van der Waals surface area contributed by atoms with Crippen molar-refractivity contribution < 1.29 is 14.3 Å². The molecular formula is C12H25NO3. The van der Waals surface area contributed by atoms with E-state index in [9.17, 15) is 4.79 Å². The highest BCUT2D eigenvalue weighted by molar-refractivity contribution is 5.75. The lowest BCUT2D eigenvalue weighted by molar-refractivity contribution is -0.143. The molecule has 0 bridgehead atoms. The molecule has 96 valence electrons. The number of rotatable bonds is 8. The quantitative estimate of drug-likeness (QED) is 0.644. The van der Waals surface area contributed by atoms with Crippen LogP contribution in [0.4, 0.5) is 0 Å². The lowest BCUT2D eigenvalue weighted by Crippen LogP contribution is -2.45. The summed E-state index contributed by atoms with van der Waals surface area (Å²) in [5, 5.41) is 3.23. The Morgan fingerprint density at radius 1 is 1.31 bits per heavy atom. The van der Waals surface area contributed by atoms with Gasteiger partial charge in [-0.15, -0.1) is 0 Å². The molecule has 0 fully saturated rings. The van der Waals surface area contributed by atoms with E-state index in [1.807, 2.05) is 13.8 Å². The number of methoxy groups -OCH3 is 1. The van der Waals surface area contributed by atoms with Crippen molar-refractivity contribution in [3.8, 4) is 0 Å². The molecule has 2 unspecified atom stereocenters. The minimum atomic E-state index is -0.236. The van der Waals surface area contributed by atoms with Crippen molar-refractivity contribution in [2.75, 3.05) is 20.3 Å². The Hall–Kier alpha value is -0.610. The molecule has 0 aromatic heterocycles. The third-order valence-corrected chi connectivity index (χ3v) is 2.25. The molecule has 4 nitrogen and oxygen atoms in total. The van der Waals surface area contributed by atoms with Crippen LogP contribution in [0.25, 0.3) is 0 Å². The summed E-state index contributed by atoms with van der Waals surface area (Å²) in [5.74, 6) is 0.257. The highest BCUT2D eigenvalue weighted by Gasteiger charge is 2.21. The zero-order chi connectivity index (χ0) is 12.6. The lowest BCUT2D eigenvalue weighted by Gasteiger charge is -2.22. The smallest absolute Gasteiger partial charge is 0.322 e. The van der Waals surface area contributed by atoms with Gasteiger partial charge in [0.25, 0.3) is 0 Å². The van der Waals surface area contributed by atoms with Crippen molar-refractivity contribution in [1.82, 2.24) is 5.32 Å². The predicted octanol–water partition coefficient (Wildman–Crippen LogP) is 1.59. The highest BCUT2D eigenvalue weighted by atomic mass is 16.5. The molecule has 0 radical (unpaired) electrons. The molecule has 1 N–H and O–H groups in total. The molecule has 0 aromatic rings. The van der Waals surface area contributed by atoms with Gasteiger partial charge in [-0.25, -0.2) is 0 Å². The molecule has 0 rings (SSSR count). The Morgan fingerprint density at radius 3 is 2.38 bits per heavy atom. The van der Waals surface area contributed by atoms with E-state index in [1.165, 1.54) is 7.11 Å². The SMILES string of the molecule is CCOCC(C)NC(CC(C)C)C(=O)OC. The number of hydrogen-bond acceptors (Lipinski definition) is 4. The third kappa shape index (κ3) is 6.80. The van der Waals surface area contributed by atoms with Crippen LogP contribution in [0.15, 0.2) is 0 Å². The normalized spacial score (nSPS) is 14.9. The molecule has 0 spiro atoms. The summed E-state index contributed by atoms with van der Waals surface area (Å²) in [7, 11) is 1.42. The Labute approximate surface area is 98.7 Å². The Morgan fingerprint density at radius 2 is 1.94 bits per heavy atom. The number of ether oxygens (including phenoxy) is 2. The van der Waals surface area contributed by atoms with Crippen LogP contribution in [0.2, 0.25) is 0 Å². The third-order valence-electron chi connectivity index (χ3n) is 2.25. The van der Waals surface area contributed by atoms with Crippen LogP contribution in [-0.2, 0) is 14.3 Å². The van der Waals surface area contributed by atoms with Gasteiger partial charge in [0.2, 0.25) is 0 Å². The number of hydrogen-bond donors (Lipinski definition) is 1. The van der Waals surface area contributed by atoms with E-state index in [0.29, 0.717) is 19.1 Å². The fourth-order valence-electron chi connectivity index (χ4n) is 1.53. The number of carbonyl (C=O) groups excluding carboxylic acids is 1. The summed E-state index contributed by atoms with van der Waals surface area (Å²) in [6.45, 7) is 9.45. The summed E-state index contributed by atoms with van der Waals surface area (Å²) >= 11 is 0. The second kappa shape index (κ2) is 8.53. The standard InChI is InChI=1S/C12H25NO3/c1-6-16-8-10(4)13-11(7-9(2)3)12(14)15-5/h9-11,13H,6-8H2,1-5H3. The minimum absolute atomic E-state index is 0.155. The summed E-state index contributed by atoms with van der Waals surface area (Å²) < 4.78 is 10.1. The van der Waals surface area contributed by atoms with Crippen molar-refractivity contribution in [2.45, 2.75) is 46.2 Å². The molecule has 0 amide bonds. The second-order valence-electron chi connectivity index (χ2n) is 4.43. The maximum Gasteiger partial charge on any atom is 0.322 e. The van der Waals surface area contributed by atoms with Crippen LogP contribution in [0.3, 0.4) is 0 Å². The molecule has 0 aliphatic heterocycles. The first-order valence-electron chi connectivity index (χ1n) is 5.92. The van der Waals surface area contributed by atoms with E-state index >= 15 is 0 Å². The average molecular weight is 231 g/mol. The highest BCUT2D eigenvalue weighted by Crippen LogP contribution is 2.07. The molecule has 0 heterocycles. The zero-order valence-corrected chi connectivity index (χ0v) is 11.1. The van der Waals surface area contributed by atoms with Crippen LogP contribution >= 0.6 is 0 Å². The fraction of sp³-hybridized carbons (Fsp3) is 0.917. The Bertz CT molecular complexity index is 195. The van der Waals surface area contributed by atoms with E-state index in [2.05, 4.69) is 19.2 Å².